The maximum absolute atomic E-state index is 13.7. The summed E-state index contributed by atoms with van der Waals surface area (Å²) in [5.74, 6) is -1.09. The Bertz CT molecular complexity index is 564. The Balaban J connectivity index is 2.27. The Morgan fingerprint density at radius 2 is 1.70 bits per heavy atom. The van der Waals surface area contributed by atoms with E-state index < -0.39 is 11.6 Å². The van der Waals surface area contributed by atoms with E-state index in [1.165, 1.54) is 17.7 Å². The summed E-state index contributed by atoms with van der Waals surface area (Å²) in [5, 5.41) is 3.40. The van der Waals surface area contributed by atoms with Crippen LogP contribution in [0.1, 0.15) is 31.9 Å². The number of rotatable bonds is 5. The Labute approximate surface area is 118 Å². The fraction of sp³-hybridized carbons (Fsp3) is 0.294. The molecule has 1 atom stereocenters. The summed E-state index contributed by atoms with van der Waals surface area (Å²) in [6.07, 6.45) is 0.998. The summed E-state index contributed by atoms with van der Waals surface area (Å²) in [4.78, 5) is 0. The minimum absolute atomic E-state index is 0.312. The normalized spacial score (nSPS) is 12.4. The SMILES string of the molecule is CCNC(CC)c1ccc(-c2ccc(F)cc2F)cc1. The molecule has 2 aromatic carbocycles. The molecule has 3 heteroatoms. The van der Waals surface area contributed by atoms with Crippen molar-refractivity contribution in [2.75, 3.05) is 6.54 Å². The Morgan fingerprint density at radius 1 is 1.00 bits per heavy atom. The molecular weight excluding hydrogens is 256 g/mol. The van der Waals surface area contributed by atoms with Crippen LogP contribution < -0.4 is 5.32 Å². The summed E-state index contributed by atoms with van der Waals surface area (Å²) >= 11 is 0. The molecule has 0 amide bonds. The van der Waals surface area contributed by atoms with Gasteiger partial charge in [-0.1, -0.05) is 38.1 Å². The van der Waals surface area contributed by atoms with Crippen molar-refractivity contribution in [2.45, 2.75) is 26.3 Å². The highest BCUT2D eigenvalue weighted by molar-refractivity contribution is 5.64. The first-order valence-electron chi connectivity index (χ1n) is 6.94. The van der Waals surface area contributed by atoms with Gasteiger partial charge in [0.15, 0.2) is 0 Å². The average molecular weight is 275 g/mol. The third-order valence-electron chi connectivity index (χ3n) is 3.41. The third-order valence-corrected chi connectivity index (χ3v) is 3.41. The molecule has 20 heavy (non-hydrogen) atoms. The lowest BCUT2D eigenvalue weighted by Crippen LogP contribution is -2.19. The van der Waals surface area contributed by atoms with E-state index in [2.05, 4.69) is 19.2 Å². The molecular formula is C17H19F2N. The van der Waals surface area contributed by atoms with Crippen LogP contribution in [0.4, 0.5) is 8.78 Å². The molecule has 0 saturated carbocycles. The summed E-state index contributed by atoms with van der Waals surface area (Å²) < 4.78 is 26.6. The van der Waals surface area contributed by atoms with Gasteiger partial charge in [0.1, 0.15) is 11.6 Å². The predicted octanol–water partition coefficient (Wildman–Crippen LogP) is 4.69. The molecule has 0 aliphatic heterocycles. The van der Waals surface area contributed by atoms with Crippen LogP contribution in [0.25, 0.3) is 11.1 Å². The average Bonchev–Trinajstić information content (AvgIpc) is 2.45. The summed E-state index contributed by atoms with van der Waals surface area (Å²) in [6.45, 7) is 5.11. The van der Waals surface area contributed by atoms with Crippen LogP contribution >= 0.6 is 0 Å². The van der Waals surface area contributed by atoms with Crippen LogP contribution in [-0.4, -0.2) is 6.54 Å². The maximum Gasteiger partial charge on any atom is 0.133 e. The van der Waals surface area contributed by atoms with E-state index in [1.807, 2.05) is 24.3 Å². The lowest BCUT2D eigenvalue weighted by molar-refractivity contribution is 0.537. The fourth-order valence-corrected chi connectivity index (χ4v) is 2.36. The lowest BCUT2D eigenvalue weighted by Gasteiger charge is -2.16. The maximum atomic E-state index is 13.7. The largest absolute Gasteiger partial charge is 0.310 e. The van der Waals surface area contributed by atoms with Gasteiger partial charge < -0.3 is 5.32 Å². The van der Waals surface area contributed by atoms with E-state index in [0.29, 0.717) is 11.6 Å². The van der Waals surface area contributed by atoms with E-state index in [0.717, 1.165) is 24.6 Å². The molecule has 0 fully saturated rings. The molecule has 0 bridgehead atoms. The highest BCUT2D eigenvalue weighted by atomic mass is 19.1. The van der Waals surface area contributed by atoms with Gasteiger partial charge in [-0.15, -0.1) is 0 Å². The molecule has 1 unspecified atom stereocenters. The van der Waals surface area contributed by atoms with Crippen LogP contribution in [-0.2, 0) is 0 Å². The standard InChI is InChI=1S/C17H19F2N/c1-3-17(20-4-2)13-7-5-12(6-8-13)15-10-9-14(18)11-16(15)19/h5-11,17,20H,3-4H2,1-2H3. The molecule has 2 rings (SSSR count). The zero-order valence-corrected chi connectivity index (χ0v) is 11.8. The minimum atomic E-state index is -0.555. The van der Waals surface area contributed by atoms with Crippen molar-refractivity contribution < 1.29 is 8.78 Å². The van der Waals surface area contributed by atoms with Gasteiger partial charge in [-0.05, 0) is 36.2 Å². The molecule has 106 valence electrons. The van der Waals surface area contributed by atoms with Crippen molar-refractivity contribution in [1.82, 2.24) is 5.32 Å². The first-order valence-corrected chi connectivity index (χ1v) is 6.94. The van der Waals surface area contributed by atoms with E-state index in [-0.39, 0.29) is 0 Å². The molecule has 0 aromatic heterocycles. The molecule has 1 nitrogen and oxygen atoms in total. The topological polar surface area (TPSA) is 12.0 Å². The molecule has 0 aliphatic rings. The second kappa shape index (κ2) is 6.62. The fourth-order valence-electron chi connectivity index (χ4n) is 2.36. The van der Waals surface area contributed by atoms with Gasteiger partial charge in [0.25, 0.3) is 0 Å². The van der Waals surface area contributed by atoms with Crippen molar-refractivity contribution in [3.63, 3.8) is 0 Å². The highest BCUT2D eigenvalue weighted by Gasteiger charge is 2.09. The monoisotopic (exact) mass is 275 g/mol. The number of hydrogen-bond acceptors (Lipinski definition) is 1. The smallest absolute Gasteiger partial charge is 0.133 e. The van der Waals surface area contributed by atoms with Crippen LogP contribution in [0, 0.1) is 11.6 Å². The Morgan fingerprint density at radius 3 is 2.25 bits per heavy atom. The van der Waals surface area contributed by atoms with Gasteiger partial charge in [0.05, 0.1) is 0 Å². The number of hydrogen-bond donors (Lipinski definition) is 1. The minimum Gasteiger partial charge on any atom is -0.310 e. The van der Waals surface area contributed by atoms with E-state index in [4.69, 9.17) is 0 Å². The van der Waals surface area contributed by atoms with Crippen LogP contribution in [0.15, 0.2) is 42.5 Å². The van der Waals surface area contributed by atoms with Gasteiger partial charge in [-0.2, -0.15) is 0 Å². The quantitative estimate of drug-likeness (QED) is 0.834. The van der Waals surface area contributed by atoms with Crippen molar-refractivity contribution in [3.05, 3.63) is 59.7 Å². The number of nitrogens with one attached hydrogen (secondary N) is 1. The zero-order chi connectivity index (χ0) is 14.5. The number of halogens is 2. The summed E-state index contributed by atoms with van der Waals surface area (Å²) in [7, 11) is 0. The van der Waals surface area contributed by atoms with Crippen LogP contribution in [0.5, 0.6) is 0 Å². The van der Waals surface area contributed by atoms with Gasteiger partial charge in [0, 0.05) is 17.7 Å². The summed E-state index contributed by atoms with van der Waals surface area (Å²) in [6, 6.07) is 11.7. The van der Waals surface area contributed by atoms with Crippen molar-refractivity contribution in [3.8, 4) is 11.1 Å². The predicted molar refractivity (Wildman–Crippen MR) is 78.5 cm³/mol. The van der Waals surface area contributed by atoms with Crippen LogP contribution in [0.3, 0.4) is 0 Å². The van der Waals surface area contributed by atoms with E-state index in [1.54, 1.807) is 0 Å². The second-order valence-corrected chi connectivity index (χ2v) is 4.76. The van der Waals surface area contributed by atoms with E-state index >= 15 is 0 Å². The van der Waals surface area contributed by atoms with Gasteiger partial charge in [0.2, 0.25) is 0 Å². The second-order valence-electron chi connectivity index (χ2n) is 4.76. The molecule has 1 N–H and O–H groups in total. The molecule has 0 aliphatic carbocycles. The lowest BCUT2D eigenvalue weighted by atomic mass is 9.99. The Hall–Kier alpha value is -1.74. The molecule has 0 spiro atoms. The third kappa shape index (κ3) is 3.23. The molecule has 0 radical (unpaired) electrons. The van der Waals surface area contributed by atoms with Crippen LogP contribution in [0.2, 0.25) is 0 Å². The van der Waals surface area contributed by atoms with Gasteiger partial charge >= 0.3 is 0 Å². The molecule has 0 heterocycles. The highest BCUT2D eigenvalue weighted by Crippen LogP contribution is 2.25. The molecule has 2 aromatic rings. The van der Waals surface area contributed by atoms with Crippen molar-refractivity contribution >= 4 is 0 Å². The van der Waals surface area contributed by atoms with E-state index in [9.17, 15) is 8.78 Å². The first kappa shape index (κ1) is 14.7. The van der Waals surface area contributed by atoms with Gasteiger partial charge in [-0.25, -0.2) is 8.78 Å². The number of benzene rings is 2. The molecule has 0 saturated heterocycles. The van der Waals surface area contributed by atoms with Gasteiger partial charge in [-0.3, -0.25) is 0 Å². The van der Waals surface area contributed by atoms with Crippen molar-refractivity contribution in [2.24, 2.45) is 0 Å². The van der Waals surface area contributed by atoms with Crippen molar-refractivity contribution in [1.29, 1.82) is 0 Å². The first-order chi connectivity index (χ1) is 9.65. The zero-order valence-electron chi connectivity index (χ0n) is 11.8. The Kier molecular flexibility index (Phi) is 4.85. The summed E-state index contributed by atoms with van der Waals surface area (Å²) in [5.41, 5.74) is 2.37.